The molecule has 1 aliphatic heterocycles. The predicted octanol–water partition coefficient (Wildman–Crippen LogP) is 3.11. The maximum atomic E-state index is 3.56. The molecule has 0 spiro atoms. The van der Waals surface area contributed by atoms with Crippen molar-refractivity contribution in [1.29, 1.82) is 0 Å². The Bertz CT molecular complexity index is 364. The minimum absolute atomic E-state index is 0.953. The summed E-state index contributed by atoms with van der Waals surface area (Å²) in [5.41, 5.74) is 2.79. The Morgan fingerprint density at radius 1 is 1.35 bits per heavy atom. The van der Waals surface area contributed by atoms with Gasteiger partial charge in [0, 0.05) is 41.3 Å². The molecule has 0 amide bonds. The van der Waals surface area contributed by atoms with Crippen molar-refractivity contribution in [1.82, 2.24) is 5.32 Å². The molecule has 4 heteroatoms. The number of halogens is 1. The van der Waals surface area contributed by atoms with Crippen LogP contribution in [0.25, 0.3) is 0 Å². The quantitative estimate of drug-likeness (QED) is 0.919. The fourth-order valence-corrected chi connectivity index (χ4v) is 3.38. The second kappa shape index (κ2) is 6.66. The molecule has 0 atom stereocenters. The molecule has 1 aromatic carbocycles. The van der Waals surface area contributed by atoms with Gasteiger partial charge in [-0.2, -0.15) is 11.8 Å². The van der Waals surface area contributed by atoms with Crippen molar-refractivity contribution < 1.29 is 0 Å². The smallest absolute Gasteiger partial charge is 0.0413 e. The first kappa shape index (κ1) is 13.2. The molecule has 2 rings (SSSR count). The largest absolute Gasteiger partial charge is 0.370 e. The van der Waals surface area contributed by atoms with E-state index in [2.05, 4.69) is 63.0 Å². The highest BCUT2D eigenvalue weighted by Crippen LogP contribution is 2.26. The molecule has 1 saturated heterocycles. The van der Waals surface area contributed by atoms with Crippen LogP contribution in [0.3, 0.4) is 0 Å². The van der Waals surface area contributed by atoms with Crippen LogP contribution in [-0.2, 0) is 6.54 Å². The van der Waals surface area contributed by atoms with E-state index in [-0.39, 0.29) is 0 Å². The molecule has 2 nitrogen and oxygen atoms in total. The first-order chi connectivity index (χ1) is 8.31. The third-order valence-corrected chi connectivity index (χ3v) is 4.39. The number of nitrogens with one attached hydrogen (secondary N) is 1. The van der Waals surface area contributed by atoms with Crippen LogP contribution < -0.4 is 10.2 Å². The number of hydrogen-bond donors (Lipinski definition) is 1. The van der Waals surface area contributed by atoms with Gasteiger partial charge in [-0.15, -0.1) is 0 Å². The maximum Gasteiger partial charge on any atom is 0.0413 e. The van der Waals surface area contributed by atoms with Crippen molar-refractivity contribution in [2.45, 2.75) is 13.5 Å². The number of anilines is 1. The first-order valence-corrected chi connectivity index (χ1v) is 8.08. The standard InChI is InChI=1S/C13H19BrN2S/c1-2-15-10-11-9-12(14)3-4-13(11)16-5-7-17-8-6-16/h3-4,9,15H,2,5-8,10H2,1H3. The van der Waals surface area contributed by atoms with Gasteiger partial charge in [-0.05, 0) is 30.3 Å². The van der Waals surface area contributed by atoms with Gasteiger partial charge in [0.1, 0.15) is 0 Å². The van der Waals surface area contributed by atoms with Gasteiger partial charge in [0.2, 0.25) is 0 Å². The van der Waals surface area contributed by atoms with Crippen LogP contribution in [-0.4, -0.2) is 31.1 Å². The van der Waals surface area contributed by atoms with Gasteiger partial charge in [0.25, 0.3) is 0 Å². The average Bonchev–Trinajstić information content (AvgIpc) is 2.37. The van der Waals surface area contributed by atoms with E-state index in [4.69, 9.17) is 0 Å². The Hall–Kier alpha value is -0.190. The van der Waals surface area contributed by atoms with Crippen LogP contribution in [0.15, 0.2) is 22.7 Å². The number of thioether (sulfide) groups is 1. The van der Waals surface area contributed by atoms with Crippen molar-refractivity contribution in [3.05, 3.63) is 28.2 Å². The van der Waals surface area contributed by atoms with Crippen molar-refractivity contribution >= 4 is 33.4 Å². The summed E-state index contributed by atoms with van der Waals surface area (Å²) < 4.78 is 1.17. The number of rotatable bonds is 4. The van der Waals surface area contributed by atoms with Gasteiger partial charge >= 0.3 is 0 Å². The molecule has 0 saturated carbocycles. The fourth-order valence-electron chi connectivity index (χ4n) is 2.07. The van der Waals surface area contributed by atoms with Gasteiger partial charge in [0.05, 0.1) is 0 Å². The topological polar surface area (TPSA) is 15.3 Å². The number of hydrogen-bond acceptors (Lipinski definition) is 3. The SMILES string of the molecule is CCNCc1cc(Br)ccc1N1CCSCC1. The summed E-state index contributed by atoms with van der Waals surface area (Å²) in [5, 5.41) is 3.42. The molecular weight excluding hydrogens is 296 g/mol. The molecule has 1 heterocycles. The van der Waals surface area contributed by atoms with Crippen LogP contribution in [0.5, 0.6) is 0 Å². The fraction of sp³-hybridized carbons (Fsp3) is 0.538. The molecular formula is C13H19BrN2S. The Labute approximate surface area is 116 Å². The lowest BCUT2D eigenvalue weighted by molar-refractivity contribution is 0.720. The molecule has 1 aromatic rings. The molecule has 94 valence electrons. The van der Waals surface area contributed by atoms with Gasteiger partial charge in [-0.3, -0.25) is 0 Å². The minimum Gasteiger partial charge on any atom is -0.370 e. The molecule has 0 radical (unpaired) electrons. The van der Waals surface area contributed by atoms with E-state index in [0.717, 1.165) is 13.1 Å². The van der Waals surface area contributed by atoms with Gasteiger partial charge in [-0.25, -0.2) is 0 Å². The van der Waals surface area contributed by atoms with Gasteiger partial charge in [0.15, 0.2) is 0 Å². The molecule has 17 heavy (non-hydrogen) atoms. The van der Waals surface area contributed by atoms with Crippen molar-refractivity contribution in [2.24, 2.45) is 0 Å². The van der Waals surface area contributed by atoms with Crippen molar-refractivity contribution in [2.75, 3.05) is 36.0 Å². The zero-order chi connectivity index (χ0) is 12.1. The van der Waals surface area contributed by atoms with E-state index in [1.165, 1.54) is 40.3 Å². The Kier molecular flexibility index (Phi) is 5.19. The summed E-state index contributed by atoms with van der Waals surface area (Å²) in [6.07, 6.45) is 0. The summed E-state index contributed by atoms with van der Waals surface area (Å²) in [5.74, 6) is 2.49. The van der Waals surface area contributed by atoms with Crippen LogP contribution in [0.4, 0.5) is 5.69 Å². The molecule has 1 N–H and O–H groups in total. The van der Waals surface area contributed by atoms with E-state index in [1.807, 2.05) is 0 Å². The molecule has 0 unspecified atom stereocenters. The predicted molar refractivity (Wildman–Crippen MR) is 81.1 cm³/mol. The third-order valence-electron chi connectivity index (χ3n) is 2.96. The summed E-state index contributed by atoms with van der Waals surface area (Å²) in [6, 6.07) is 6.62. The highest BCUT2D eigenvalue weighted by Gasteiger charge is 2.14. The molecule has 0 aliphatic carbocycles. The minimum atomic E-state index is 0.953. The molecule has 0 aromatic heterocycles. The van der Waals surface area contributed by atoms with Crippen LogP contribution in [0.2, 0.25) is 0 Å². The lowest BCUT2D eigenvalue weighted by atomic mass is 10.1. The molecule has 1 fully saturated rings. The summed E-state index contributed by atoms with van der Waals surface area (Å²) in [7, 11) is 0. The van der Waals surface area contributed by atoms with E-state index in [9.17, 15) is 0 Å². The Morgan fingerprint density at radius 3 is 2.82 bits per heavy atom. The van der Waals surface area contributed by atoms with E-state index < -0.39 is 0 Å². The monoisotopic (exact) mass is 314 g/mol. The summed E-state index contributed by atoms with van der Waals surface area (Å²) >= 11 is 5.62. The van der Waals surface area contributed by atoms with Crippen LogP contribution in [0, 0.1) is 0 Å². The second-order valence-electron chi connectivity index (χ2n) is 4.15. The normalized spacial score (nSPS) is 16.2. The number of nitrogens with zero attached hydrogens (tertiary/aromatic N) is 1. The lowest BCUT2D eigenvalue weighted by Crippen LogP contribution is -2.33. The van der Waals surface area contributed by atoms with E-state index >= 15 is 0 Å². The van der Waals surface area contributed by atoms with Crippen LogP contribution >= 0.6 is 27.7 Å². The zero-order valence-corrected chi connectivity index (χ0v) is 12.6. The highest BCUT2D eigenvalue weighted by molar-refractivity contribution is 9.10. The van der Waals surface area contributed by atoms with Gasteiger partial charge in [-0.1, -0.05) is 22.9 Å². The van der Waals surface area contributed by atoms with E-state index in [0.29, 0.717) is 0 Å². The summed E-state index contributed by atoms with van der Waals surface area (Å²) in [6.45, 7) is 6.46. The average molecular weight is 315 g/mol. The Morgan fingerprint density at radius 2 is 2.12 bits per heavy atom. The van der Waals surface area contributed by atoms with Gasteiger partial charge < -0.3 is 10.2 Å². The van der Waals surface area contributed by atoms with Crippen molar-refractivity contribution in [3.63, 3.8) is 0 Å². The lowest BCUT2D eigenvalue weighted by Gasteiger charge is -2.30. The zero-order valence-electron chi connectivity index (χ0n) is 10.2. The molecule has 0 bridgehead atoms. The highest BCUT2D eigenvalue weighted by atomic mass is 79.9. The third kappa shape index (κ3) is 3.63. The molecule has 1 aliphatic rings. The Balaban J connectivity index is 2.18. The first-order valence-electron chi connectivity index (χ1n) is 6.13. The van der Waals surface area contributed by atoms with Crippen molar-refractivity contribution in [3.8, 4) is 0 Å². The maximum absolute atomic E-state index is 3.56. The summed E-state index contributed by atoms with van der Waals surface area (Å²) in [4.78, 5) is 2.51. The van der Waals surface area contributed by atoms with Crippen LogP contribution in [0.1, 0.15) is 12.5 Å². The number of benzene rings is 1. The van der Waals surface area contributed by atoms with E-state index in [1.54, 1.807) is 0 Å². The second-order valence-corrected chi connectivity index (χ2v) is 6.29.